The normalized spacial score (nSPS) is 12.8. The van der Waals surface area contributed by atoms with E-state index >= 15 is 0 Å². The van der Waals surface area contributed by atoms with Gasteiger partial charge in [-0.05, 0) is 36.1 Å². The summed E-state index contributed by atoms with van der Waals surface area (Å²) in [6.45, 7) is 0.0632. The molecule has 0 aliphatic rings. The first-order valence-electron chi connectivity index (χ1n) is 10.3. The van der Waals surface area contributed by atoms with Crippen LogP contribution in [0.4, 0.5) is 26.3 Å². The maximum Gasteiger partial charge on any atom is 0.221 e. The van der Waals surface area contributed by atoms with Crippen molar-refractivity contribution in [2.75, 3.05) is 13.1 Å². The van der Waals surface area contributed by atoms with Crippen molar-refractivity contribution in [3.05, 3.63) is 70.3 Å². The molecule has 2 aromatic rings. The lowest BCUT2D eigenvalue weighted by Crippen LogP contribution is -2.39. The first kappa shape index (κ1) is 27.1. The molecule has 2 aromatic carbocycles. The van der Waals surface area contributed by atoms with Crippen LogP contribution in [0.1, 0.15) is 24.0 Å². The van der Waals surface area contributed by atoms with E-state index in [2.05, 4.69) is 10.6 Å². The zero-order valence-electron chi connectivity index (χ0n) is 17.9. The van der Waals surface area contributed by atoms with E-state index in [9.17, 15) is 35.9 Å². The fourth-order valence-electron chi connectivity index (χ4n) is 3.17. The van der Waals surface area contributed by atoms with Crippen LogP contribution in [-0.2, 0) is 22.4 Å². The van der Waals surface area contributed by atoms with E-state index in [0.717, 1.165) is 0 Å². The van der Waals surface area contributed by atoms with Gasteiger partial charge in [0, 0.05) is 50.1 Å². The van der Waals surface area contributed by atoms with Crippen molar-refractivity contribution < 1.29 is 35.9 Å². The minimum absolute atomic E-state index is 0.0316. The number of rotatable bonds is 11. The van der Waals surface area contributed by atoms with E-state index in [1.807, 2.05) is 0 Å². The number of halogens is 6. The Bertz CT molecular complexity index is 955. The van der Waals surface area contributed by atoms with Gasteiger partial charge in [0.15, 0.2) is 23.3 Å². The van der Waals surface area contributed by atoms with Crippen molar-refractivity contribution in [3.8, 4) is 0 Å². The lowest BCUT2D eigenvalue weighted by molar-refractivity contribution is -0.123. The maximum atomic E-state index is 13.7. The molecule has 2 unspecified atom stereocenters. The molecule has 2 atom stereocenters. The van der Waals surface area contributed by atoms with Gasteiger partial charge in [-0.3, -0.25) is 9.59 Å². The van der Waals surface area contributed by atoms with Gasteiger partial charge in [-0.2, -0.15) is 0 Å². The number of amides is 2. The number of carbonyl (C=O) groups is 2. The molecule has 6 N–H and O–H groups in total. The Kier molecular flexibility index (Phi) is 9.87. The maximum absolute atomic E-state index is 13.7. The van der Waals surface area contributed by atoms with Gasteiger partial charge in [-0.25, -0.2) is 26.3 Å². The van der Waals surface area contributed by atoms with Crippen molar-refractivity contribution in [1.29, 1.82) is 0 Å². The molecule has 0 aliphatic carbocycles. The van der Waals surface area contributed by atoms with Crippen LogP contribution in [0.5, 0.6) is 0 Å². The SMILES string of the molecule is NC(CC(=O)NCCNC(=O)CC(N)Cc1cc(F)c(F)cc1F)Cc1cc(F)c(F)cc1F. The molecule has 0 fully saturated rings. The van der Waals surface area contributed by atoms with Gasteiger partial charge in [0.1, 0.15) is 11.6 Å². The molecule has 0 saturated heterocycles. The van der Waals surface area contributed by atoms with Gasteiger partial charge in [0.25, 0.3) is 0 Å². The first-order chi connectivity index (χ1) is 16.0. The Balaban J connectivity index is 1.67. The van der Waals surface area contributed by atoms with Crippen LogP contribution in [0.25, 0.3) is 0 Å². The molecule has 0 spiro atoms. The summed E-state index contributed by atoms with van der Waals surface area (Å²) >= 11 is 0. The van der Waals surface area contributed by atoms with E-state index in [1.54, 1.807) is 0 Å². The largest absolute Gasteiger partial charge is 0.354 e. The van der Waals surface area contributed by atoms with Gasteiger partial charge >= 0.3 is 0 Å². The third-order valence-corrected chi connectivity index (χ3v) is 4.81. The van der Waals surface area contributed by atoms with Gasteiger partial charge in [-0.1, -0.05) is 0 Å². The first-order valence-corrected chi connectivity index (χ1v) is 10.3. The summed E-state index contributed by atoms with van der Waals surface area (Å²) in [5.74, 6) is -8.05. The third-order valence-electron chi connectivity index (χ3n) is 4.81. The highest BCUT2D eigenvalue weighted by molar-refractivity contribution is 5.77. The summed E-state index contributed by atoms with van der Waals surface area (Å²) in [6, 6.07) is 0.459. The Labute approximate surface area is 191 Å². The predicted molar refractivity (Wildman–Crippen MR) is 111 cm³/mol. The second kappa shape index (κ2) is 12.4. The van der Waals surface area contributed by atoms with E-state index in [4.69, 9.17) is 11.5 Å². The summed E-state index contributed by atoms with van der Waals surface area (Å²) in [5.41, 5.74) is 11.2. The van der Waals surface area contributed by atoms with Crippen LogP contribution in [0, 0.1) is 34.9 Å². The zero-order chi connectivity index (χ0) is 25.4. The molecular weight excluding hydrogens is 466 g/mol. The van der Waals surface area contributed by atoms with Gasteiger partial charge in [-0.15, -0.1) is 0 Å². The van der Waals surface area contributed by atoms with E-state index < -0.39 is 58.8 Å². The average molecular weight is 490 g/mol. The molecule has 2 rings (SSSR count). The van der Waals surface area contributed by atoms with E-state index in [1.165, 1.54) is 0 Å². The number of hydrogen-bond donors (Lipinski definition) is 4. The second-order valence-electron chi connectivity index (χ2n) is 7.75. The molecule has 0 aliphatic heterocycles. The molecule has 0 aromatic heterocycles. The molecule has 0 bridgehead atoms. The predicted octanol–water partition coefficient (Wildman–Crippen LogP) is 1.97. The Hall–Kier alpha value is -3.12. The zero-order valence-corrected chi connectivity index (χ0v) is 17.9. The molecule has 6 nitrogen and oxygen atoms in total. The number of hydrogen-bond acceptors (Lipinski definition) is 4. The van der Waals surface area contributed by atoms with Crippen molar-refractivity contribution in [2.24, 2.45) is 11.5 Å². The van der Waals surface area contributed by atoms with Crippen LogP contribution in [0.2, 0.25) is 0 Å². The van der Waals surface area contributed by atoms with Crippen LogP contribution < -0.4 is 22.1 Å². The number of benzene rings is 2. The molecular formula is C22H24F6N4O2. The van der Waals surface area contributed by atoms with E-state index in [0.29, 0.717) is 24.3 Å². The quantitative estimate of drug-likeness (QED) is 0.219. The molecule has 2 amide bonds. The Morgan fingerprint density at radius 1 is 0.618 bits per heavy atom. The average Bonchev–Trinajstić information content (AvgIpc) is 2.73. The summed E-state index contributed by atoms with van der Waals surface area (Å²) in [4.78, 5) is 23.8. The Morgan fingerprint density at radius 2 is 0.941 bits per heavy atom. The van der Waals surface area contributed by atoms with Crippen LogP contribution in [-0.4, -0.2) is 37.0 Å². The van der Waals surface area contributed by atoms with Crippen molar-refractivity contribution >= 4 is 11.8 Å². The number of carbonyl (C=O) groups excluding carboxylic acids is 2. The van der Waals surface area contributed by atoms with E-state index in [-0.39, 0.29) is 49.9 Å². The Morgan fingerprint density at radius 3 is 1.29 bits per heavy atom. The molecule has 12 heteroatoms. The molecule has 186 valence electrons. The lowest BCUT2D eigenvalue weighted by Gasteiger charge is -2.14. The molecule has 34 heavy (non-hydrogen) atoms. The van der Waals surface area contributed by atoms with Crippen LogP contribution in [0.15, 0.2) is 24.3 Å². The fourth-order valence-corrected chi connectivity index (χ4v) is 3.17. The molecule has 0 saturated carbocycles. The van der Waals surface area contributed by atoms with Crippen molar-refractivity contribution in [1.82, 2.24) is 10.6 Å². The highest BCUT2D eigenvalue weighted by atomic mass is 19.2. The third kappa shape index (κ3) is 8.34. The molecule has 0 radical (unpaired) electrons. The standard InChI is InChI=1S/C22H24F6N4O2/c23-15-9-19(27)17(25)5-11(15)3-13(29)7-21(33)31-1-2-32-22(34)8-14(30)4-12-6-18(26)20(28)10-16(12)24/h5-6,9-10,13-14H,1-4,7-8,29-30H2,(H,31,33)(H,32,34). The van der Waals surface area contributed by atoms with Gasteiger partial charge < -0.3 is 22.1 Å². The summed E-state index contributed by atoms with van der Waals surface area (Å²) in [6.07, 6.45) is -0.832. The molecule has 0 heterocycles. The van der Waals surface area contributed by atoms with Gasteiger partial charge in [0.2, 0.25) is 11.8 Å². The summed E-state index contributed by atoms with van der Waals surface area (Å²) < 4.78 is 79.7. The monoisotopic (exact) mass is 490 g/mol. The van der Waals surface area contributed by atoms with Crippen LogP contribution >= 0.6 is 0 Å². The summed E-state index contributed by atoms with van der Waals surface area (Å²) in [7, 11) is 0. The van der Waals surface area contributed by atoms with Crippen molar-refractivity contribution in [3.63, 3.8) is 0 Å². The second-order valence-corrected chi connectivity index (χ2v) is 7.75. The summed E-state index contributed by atoms with van der Waals surface area (Å²) in [5, 5.41) is 4.96. The smallest absolute Gasteiger partial charge is 0.221 e. The highest BCUT2D eigenvalue weighted by Crippen LogP contribution is 2.16. The van der Waals surface area contributed by atoms with Crippen molar-refractivity contribution in [2.45, 2.75) is 37.8 Å². The minimum atomic E-state index is -1.33. The number of nitrogens with two attached hydrogens (primary N) is 2. The number of nitrogens with one attached hydrogen (secondary N) is 2. The topological polar surface area (TPSA) is 110 Å². The minimum Gasteiger partial charge on any atom is -0.354 e. The fraction of sp³-hybridized carbons (Fsp3) is 0.364. The highest BCUT2D eigenvalue weighted by Gasteiger charge is 2.17. The lowest BCUT2D eigenvalue weighted by atomic mass is 10.0. The van der Waals surface area contributed by atoms with Crippen LogP contribution in [0.3, 0.4) is 0 Å². The van der Waals surface area contributed by atoms with Gasteiger partial charge in [0.05, 0.1) is 0 Å².